The number of nitrogens with zero attached hydrogens (tertiary/aromatic N) is 3. The standard InChI is InChI=1S/C10H13ClN4O/c1-3-4-8(11)9-13-10(16-15-9)7-5-12-14-6(7)2/h5,8H,3-4H2,1-2H3,(H,12,14). The van der Waals surface area contributed by atoms with Gasteiger partial charge in [0.15, 0.2) is 5.82 Å². The van der Waals surface area contributed by atoms with Crippen molar-refractivity contribution in [3.63, 3.8) is 0 Å². The lowest BCUT2D eigenvalue weighted by Crippen LogP contribution is -1.92. The zero-order valence-electron chi connectivity index (χ0n) is 9.20. The van der Waals surface area contributed by atoms with Crippen LogP contribution >= 0.6 is 11.6 Å². The summed E-state index contributed by atoms with van der Waals surface area (Å²) in [6.07, 6.45) is 3.49. The number of H-pyrrole nitrogens is 1. The van der Waals surface area contributed by atoms with E-state index in [1.54, 1.807) is 6.20 Å². The first kappa shape index (κ1) is 11.1. The molecule has 0 amide bonds. The van der Waals surface area contributed by atoms with Crippen LogP contribution in [0.4, 0.5) is 0 Å². The number of aromatic amines is 1. The molecule has 86 valence electrons. The third-order valence-corrected chi connectivity index (χ3v) is 2.74. The summed E-state index contributed by atoms with van der Waals surface area (Å²) in [6.45, 7) is 3.97. The van der Waals surface area contributed by atoms with E-state index in [-0.39, 0.29) is 5.38 Å². The summed E-state index contributed by atoms with van der Waals surface area (Å²) in [7, 11) is 0. The second kappa shape index (κ2) is 4.65. The Balaban J connectivity index is 2.23. The van der Waals surface area contributed by atoms with Gasteiger partial charge in [0.1, 0.15) is 0 Å². The fourth-order valence-corrected chi connectivity index (χ4v) is 1.73. The molecule has 6 heteroatoms. The number of alkyl halides is 1. The molecule has 1 N–H and O–H groups in total. The number of halogens is 1. The van der Waals surface area contributed by atoms with Crippen molar-refractivity contribution in [1.29, 1.82) is 0 Å². The van der Waals surface area contributed by atoms with Crippen molar-refractivity contribution in [3.8, 4) is 11.5 Å². The molecule has 1 atom stereocenters. The van der Waals surface area contributed by atoms with E-state index in [0.29, 0.717) is 11.7 Å². The molecule has 0 radical (unpaired) electrons. The number of aromatic nitrogens is 4. The van der Waals surface area contributed by atoms with Crippen molar-refractivity contribution < 1.29 is 4.52 Å². The highest BCUT2D eigenvalue weighted by Gasteiger charge is 2.17. The molecule has 16 heavy (non-hydrogen) atoms. The monoisotopic (exact) mass is 240 g/mol. The highest BCUT2D eigenvalue weighted by atomic mass is 35.5. The minimum atomic E-state index is -0.185. The Hall–Kier alpha value is -1.36. The maximum Gasteiger partial charge on any atom is 0.261 e. The van der Waals surface area contributed by atoms with Gasteiger partial charge in [-0.05, 0) is 13.3 Å². The van der Waals surface area contributed by atoms with Gasteiger partial charge < -0.3 is 4.52 Å². The molecule has 2 aromatic rings. The highest BCUT2D eigenvalue weighted by molar-refractivity contribution is 6.20. The summed E-state index contributed by atoms with van der Waals surface area (Å²) >= 11 is 6.11. The van der Waals surface area contributed by atoms with E-state index in [4.69, 9.17) is 16.1 Å². The Kier molecular flexibility index (Phi) is 3.24. The predicted octanol–water partition coefficient (Wildman–Crippen LogP) is 2.85. The average Bonchev–Trinajstić information content (AvgIpc) is 2.86. The molecule has 0 aliphatic carbocycles. The summed E-state index contributed by atoms with van der Waals surface area (Å²) in [6, 6.07) is 0. The van der Waals surface area contributed by atoms with Gasteiger partial charge in [-0.25, -0.2) is 0 Å². The molecule has 0 aliphatic rings. The first-order valence-corrected chi connectivity index (χ1v) is 5.64. The molecule has 5 nitrogen and oxygen atoms in total. The molecule has 0 aliphatic heterocycles. The van der Waals surface area contributed by atoms with Crippen LogP contribution in [0.5, 0.6) is 0 Å². The molecule has 0 aromatic carbocycles. The van der Waals surface area contributed by atoms with Crippen LogP contribution < -0.4 is 0 Å². The number of aryl methyl sites for hydroxylation is 1. The Labute approximate surface area is 98.2 Å². The lowest BCUT2D eigenvalue weighted by molar-refractivity contribution is 0.420. The summed E-state index contributed by atoms with van der Waals surface area (Å²) in [5.74, 6) is 1.00. The Morgan fingerprint density at radius 3 is 3.00 bits per heavy atom. The molecular formula is C10H13ClN4O. The van der Waals surface area contributed by atoms with Gasteiger partial charge in [0.25, 0.3) is 5.89 Å². The predicted molar refractivity (Wildman–Crippen MR) is 60.1 cm³/mol. The Bertz CT molecular complexity index is 465. The smallest absolute Gasteiger partial charge is 0.261 e. The normalized spacial score (nSPS) is 12.9. The largest absolute Gasteiger partial charge is 0.334 e. The topological polar surface area (TPSA) is 67.6 Å². The zero-order chi connectivity index (χ0) is 11.5. The summed E-state index contributed by atoms with van der Waals surface area (Å²) in [4.78, 5) is 4.26. The second-order valence-corrected chi connectivity index (χ2v) is 4.15. The van der Waals surface area contributed by atoms with Crippen LogP contribution in [0.15, 0.2) is 10.7 Å². The molecule has 0 saturated carbocycles. The fraction of sp³-hybridized carbons (Fsp3) is 0.500. The fourth-order valence-electron chi connectivity index (χ4n) is 1.42. The van der Waals surface area contributed by atoms with Crippen molar-refractivity contribution in [3.05, 3.63) is 17.7 Å². The third kappa shape index (κ3) is 2.09. The first-order valence-electron chi connectivity index (χ1n) is 5.20. The lowest BCUT2D eigenvalue weighted by atomic mass is 10.2. The van der Waals surface area contributed by atoms with Gasteiger partial charge in [-0.2, -0.15) is 10.1 Å². The minimum absolute atomic E-state index is 0.185. The van der Waals surface area contributed by atoms with Crippen LogP contribution in [0.1, 0.15) is 36.7 Å². The molecule has 2 rings (SSSR count). The van der Waals surface area contributed by atoms with E-state index in [1.807, 2.05) is 6.92 Å². The van der Waals surface area contributed by atoms with Gasteiger partial charge in [0.05, 0.1) is 17.1 Å². The summed E-state index contributed by atoms with van der Waals surface area (Å²) in [5, 5.41) is 10.4. The van der Waals surface area contributed by atoms with Gasteiger partial charge >= 0.3 is 0 Å². The van der Waals surface area contributed by atoms with Crippen LogP contribution in [0, 0.1) is 6.92 Å². The van der Waals surface area contributed by atoms with Gasteiger partial charge in [-0.3, -0.25) is 5.10 Å². The van der Waals surface area contributed by atoms with Crippen LogP contribution in [-0.2, 0) is 0 Å². The molecule has 0 fully saturated rings. The highest BCUT2D eigenvalue weighted by Crippen LogP contribution is 2.26. The lowest BCUT2D eigenvalue weighted by Gasteiger charge is -1.99. The molecule has 1 unspecified atom stereocenters. The average molecular weight is 241 g/mol. The van der Waals surface area contributed by atoms with Gasteiger partial charge in [0, 0.05) is 5.69 Å². The van der Waals surface area contributed by atoms with Crippen molar-refractivity contribution in [2.45, 2.75) is 32.1 Å². The number of rotatable bonds is 4. The summed E-state index contributed by atoms with van der Waals surface area (Å²) in [5.41, 5.74) is 1.72. The number of hydrogen-bond donors (Lipinski definition) is 1. The van der Waals surface area contributed by atoms with E-state index in [9.17, 15) is 0 Å². The zero-order valence-corrected chi connectivity index (χ0v) is 9.95. The van der Waals surface area contributed by atoms with E-state index in [2.05, 4.69) is 27.3 Å². The molecule has 2 heterocycles. The first-order chi connectivity index (χ1) is 7.72. The quantitative estimate of drug-likeness (QED) is 0.835. The maximum absolute atomic E-state index is 6.11. The van der Waals surface area contributed by atoms with Crippen molar-refractivity contribution >= 4 is 11.6 Å². The van der Waals surface area contributed by atoms with Gasteiger partial charge in [0.2, 0.25) is 0 Å². The van der Waals surface area contributed by atoms with E-state index in [1.165, 1.54) is 0 Å². The van der Waals surface area contributed by atoms with Crippen LogP contribution in [-0.4, -0.2) is 20.3 Å². The Morgan fingerprint density at radius 2 is 2.38 bits per heavy atom. The number of hydrogen-bond acceptors (Lipinski definition) is 4. The van der Waals surface area contributed by atoms with Crippen LogP contribution in [0.3, 0.4) is 0 Å². The van der Waals surface area contributed by atoms with Crippen molar-refractivity contribution in [2.24, 2.45) is 0 Å². The number of nitrogens with one attached hydrogen (secondary N) is 1. The van der Waals surface area contributed by atoms with Crippen LogP contribution in [0.25, 0.3) is 11.5 Å². The molecule has 0 saturated heterocycles. The maximum atomic E-state index is 6.11. The van der Waals surface area contributed by atoms with Crippen molar-refractivity contribution in [1.82, 2.24) is 20.3 Å². The van der Waals surface area contributed by atoms with Gasteiger partial charge in [-0.1, -0.05) is 18.5 Å². The van der Waals surface area contributed by atoms with E-state index in [0.717, 1.165) is 24.1 Å². The van der Waals surface area contributed by atoms with Crippen molar-refractivity contribution in [2.75, 3.05) is 0 Å². The SMILES string of the molecule is CCCC(Cl)c1noc(-c2cn[nH]c2C)n1. The second-order valence-electron chi connectivity index (χ2n) is 3.62. The molecule has 0 spiro atoms. The van der Waals surface area contributed by atoms with E-state index >= 15 is 0 Å². The Morgan fingerprint density at radius 1 is 1.56 bits per heavy atom. The van der Waals surface area contributed by atoms with Crippen LogP contribution in [0.2, 0.25) is 0 Å². The molecule has 2 aromatic heterocycles. The molecule has 0 bridgehead atoms. The summed E-state index contributed by atoms with van der Waals surface area (Å²) < 4.78 is 5.15. The minimum Gasteiger partial charge on any atom is -0.334 e. The third-order valence-electron chi connectivity index (χ3n) is 2.32. The van der Waals surface area contributed by atoms with Gasteiger partial charge in [-0.15, -0.1) is 11.6 Å². The molecular weight excluding hydrogens is 228 g/mol. The van der Waals surface area contributed by atoms with E-state index < -0.39 is 0 Å².